The van der Waals surface area contributed by atoms with Crippen molar-refractivity contribution in [3.8, 4) is 0 Å². The molecule has 1 heterocycles. The van der Waals surface area contributed by atoms with Gasteiger partial charge in [0.15, 0.2) is 0 Å². The van der Waals surface area contributed by atoms with E-state index in [1.165, 1.54) is 19.2 Å². The predicted octanol–water partition coefficient (Wildman–Crippen LogP) is 1.00. The highest BCUT2D eigenvalue weighted by molar-refractivity contribution is 7.89. The molecule has 8 nitrogen and oxygen atoms in total. The molecule has 1 aliphatic heterocycles. The van der Waals surface area contributed by atoms with Crippen LogP contribution in [0.5, 0.6) is 0 Å². The van der Waals surface area contributed by atoms with Gasteiger partial charge in [0.1, 0.15) is 0 Å². The number of methoxy groups -OCH3 is 1. The fraction of sp³-hybridized carbons (Fsp3) is 0.579. The van der Waals surface area contributed by atoms with Crippen molar-refractivity contribution in [2.24, 2.45) is 0 Å². The number of hydrogen-bond donors (Lipinski definition) is 1. The number of hydrogen-bond acceptors (Lipinski definition) is 6. The number of rotatable bonds is 8. The molecule has 1 aromatic carbocycles. The fourth-order valence-corrected chi connectivity index (χ4v) is 4.71. The average Bonchev–Trinajstić information content (AvgIpc) is 3.12. The summed E-state index contributed by atoms with van der Waals surface area (Å²) in [5.74, 6) is -0.490. The first-order valence-electron chi connectivity index (χ1n) is 9.31. The SMILES string of the molecule is COC(=O)c1ccc(C)c(S(=O)(=O)NCCCN2CCC[C@H]2C(=O)N(C)C)c1. The van der Waals surface area contributed by atoms with Gasteiger partial charge < -0.3 is 9.64 Å². The second kappa shape index (κ2) is 9.49. The molecule has 0 saturated carbocycles. The molecule has 1 atom stereocenters. The Morgan fingerprint density at radius 3 is 2.68 bits per heavy atom. The summed E-state index contributed by atoms with van der Waals surface area (Å²) in [6.45, 7) is 3.42. The van der Waals surface area contributed by atoms with E-state index in [0.29, 0.717) is 18.5 Å². The van der Waals surface area contributed by atoms with Crippen molar-refractivity contribution in [2.75, 3.05) is 40.8 Å². The molecule has 2 rings (SSSR count). The number of carbonyl (C=O) groups excluding carboxylic acids is 2. The Kier molecular flexibility index (Phi) is 7.56. The molecule has 9 heteroatoms. The molecule has 0 aromatic heterocycles. The number of carbonyl (C=O) groups is 2. The lowest BCUT2D eigenvalue weighted by atomic mass is 10.1. The topological polar surface area (TPSA) is 96.0 Å². The van der Waals surface area contributed by atoms with E-state index in [2.05, 4.69) is 14.4 Å². The quantitative estimate of drug-likeness (QED) is 0.507. The zero-order chi connectivity index (χ0) is 20.9. The maximum atomic E-state index is 12.6. The van der Waals surface area contributed by atoms with Gasteiger partial charge in [0, 0.05) is 27.2 Å². The molecule has 1 amide bonds. The summed E-state index contributed by atoms with van der Waals surface area (Å²) in [6.07, 6.45) is 2.39. The van der Waals surface area contributed by atoms with Crippen LogP contribution < -0.4 is 4.72 Å². The summed E-state index contributed by atoms with van der Waals surface area (Å²) >= 11 is 0. The van der Waals surface area contributed by atoms with E-state index in [-0.39, 0.29) is 29.0 Å². The smallest absolute Gasteiger partial charge is 0.337 e. The van der Waals surface area contributed by atoms with E-state index in [9.17, 15) is 18.0 Å². The maximum absolute atomic E-state index is 12.6. The average molecular weight is 412 g/mol. The number of nitrogens with one attached hydrogen (secondary N) is 1. The van der Waals surface area contributed by atoms with Crippen LogP contribution in [0, 0.1) is 6.92 Å². The molecule has 0 unspecified atom stereocenters. The normalized spacial score (nSPS) is 17.5. The van der Waals surface area contributed by atoms with Crippen molar-refractivity contribution in [3.63, 3.8) is 0 Å². The van der Waals surface area contributed by atoms with Gasteiger partial charge in [-0.3, -0.25) is 9.69 Å². The molecular formula is C19H29N3O5S. The van der Waals surface area contributed by atoms with E-state index in [4.69, 9.17) is 0 Å². The van der Waals surface area contributed by atoms with E-state index in [1.54, 1.807) is 32.0 Å². The Hall–Kier alpha value is -1.97. The molecule has 1 aliphatic rings. The number of aryl methyl sites for hydroxylation is 1. The van der Waals surface area contributed by atoms with Crippen molar-refractivity contribution in [2.45, 2.75) is 37.1 Å². The van der Waals surface area contributed by atoms with Crippen molar-refractivity contribution >= 4 is 21.9 Å². The van der Waals surface area contributed by atoms with Crippen LogP contribution in [0.3, 0.4) is 0 Å². The zero-order valence-corrected chi connectivity index (χ0v) is 17.7. The number of amides is 1. The first-order chi connectivity index (χ1) is 13.2. The molecule has 156 valence electrons. The standard InChI is InChI=1S/C19H29N3O5S/c1-14-8-9-15(19(24)27-4)13-17(14)28(25,26)20-10-6-12-22-11-5-7-16(22)18(23)21(2)3/h8-9,13,16,20H,5-7,10-12H2,1-4H3/t16-/m0/s1. The molecule has 1 fully saturated rings. The van der Waals surface area contributed by atoms with Crippen LogP contribution in [0.15, 0.2) is 23.1 Å². The molecule has 1 N–H and O–H groups in total. The number of likely N-dealkylation sites (tertiary alicyclic amines) is 1. The van der Waals surface area contributed by atoms with Crippen LogP contribution in [0.2, 0.25) is 0 Å². The number of ether oxygens (including phenoxy) is 1. The van der Waals surface area contributed by atoms with Gasteiger partial charge in [-0.2, -0.15) is 0 Å². The lowest BCUT2D eigenvalue weighted by Gasteiger charge is -2.26. The first kappa shape index (κ1) is 22.3. The van der Waals surface area contributed by atoms with Crippen LogP contribution in [0.4, 0.5) is 0 Å². The van der Waals surface area contributed by atoms with Gasteiger partial charge in [0.25, 0.3) is 0 Å². The van der Waals surface area contributed by atoms with Crippen LogP contribution in [0.25, 0.3) is 0 Å². The third-order valence-corrected chi connectivity index (χ3v) is 6.51. The summed E-state index contributed by atoms with van der Waals surface area (Å²) in [5.41, 5.74) is 0.743. The molecule has 0 spiro atoms. The predicted molar refractivity (Wildman–Crippen MR) is 106 cm³/mol. The second-order valence-corrected chi connectivity index (χ2v) is 8.89. The van der Waals surface area contributed by atoms with E-state index in [1.807, 2.05) is 0 Å². The summed E-state index contributed by atoms with van der Waals surface area (Å²) < 4.78 is 32.5. The lowest BCUT2D eigenvalue weighted by molar-refractivity contribution is -0.133. The van der Waals surface area contributed by atoms with Crippen LogP contribution >= 0.6 is 0 Å². The second-order valence-electron chi connectivity index (χ2n) is 7.15. The first-order valence-corrected chi connectivity index (χ1v) is 10.8. The molecule has 0 bridgehead atoms. The monoisotopic (exact) mass is 411 g/mol. The number of nitrogens with zero attached hydrogens (tertiary/aromatic N) is 2. The third kappa shape index (κ3) is 5.30. The summed E-state index contributed by atoms with van der Waals surface area (Å²) in [7, 11) is 1.00. The molecule has 0 radical (unpaired) electrons. The zero-order valence-electron chi connectivity index (χ0n) is 16.9. The highest BCUT2D eigenvalue weighted by Crippen LogP contribution is 2.20. The van der Waals surface area contributed by atoms with Crippen molar-refractivity contribution in [1.82, 2.24) is 14.5 Å². The highest BCUT2D eigenvalue weighted by Gasteiger charge is 2.31. The Bertz CT molecular complexity index is 823. The van der Waals surface area contributed by atoms with Crippen molar-refractivity contribution in [1.29, 1.82) is 0 Å². The third-order valence-electron chi connectivity index (χ3n) is 4.90. The van der Waals surface area contributed by atoms with Gasteiger partial charge in [-0.1, -0.05) is 6.07 Å². The minimum atomic E-state index is -3.75. The van der Waals surface area contributed by atoms with Gasteiger partial charge in [-0.05, 0) is 50.4 Å². The van der Waals surface area contributed by atoms with E-state index >= 15 is 0 Å². The van der Waals surface area contributed by atoms with E-state index < -0.39 is 16.0 Å². The van der Waals surface area contributed by atoms with Crippen LogP contribution in [-0.2, 0) is 19.6 Å². The Morgan fingerprint density at radius 1 is 1.32 bits per heavy atom. The van der Waals surface area contributed by atoms with Gasteiger partial charge >= 0.3 is 5.97 Å². The number of sulfonamides is 1. The van der Waals surface area contributed by atoms with Crippen LogP contribution in [-0.4, -0.2) is 77.0 Å². The maximum Gasteiger partial charge on any atom is 0.337 e. The fourth-order valence-electron chi connectivity index (χ4n) is 3.37. The van der Waals surface area contributed by atoms with Gasteiger partial charge in [0.2, 0.25) is 15.9 Å². The largest absolute Gasteiger partial charge is 0.465 e. The van der Waals surface area contributed by atoms with E-state index in [0.717, 1.165) is 19.4 Å². The van der Waals surface area contributed by atoms with Crippen molar-refractivity contribution in [3.05, 3.63) is 29.3 Å². The molecule has 0 aliphatic carbocycles. The Balaban J connectivity index is 1.95. The summed E-state index contributed by atoms with van der Waals surface area (Å²) in [5, 5.41) is 0. The minimum Gasteiger partial charge on any atom is -0.465 e. The Labute approximate surface area is 166 Å². The lowest BCUT2D eigenvalue weighted by Crippen LogP contribution is -2.43. The molecule has 1 aromatic rings. The van der Waals surface area contributed by atoms with Gasteiger partial charge in [0.05, 0.1) is 23.6 Å². The summed E-state index contributed by atoms with van der Waals surface area (Å²) in [6, 6.07) is 4.33. The number of esters is 1. The molecule has 1 saturated heterocycles. The molecule has 28 heavy (non-hydrogen) atoms. The van der Waals surface area contributed by atoms with Crippen LogP contribution in [0.1, 0.15) is 35.2 Å². The highest BCUT2D eigenvalue weighted by atomic mass is 32.2. The Morgan fingerprint density at radius 2 is 2.04 bits per heavy atom. The number of likely N-dealkylation sites (N-methyl/N-ethyl adjacent to an activating group) is 1. The molecular weight excluding hydrogens is 382 g/mol. The minimum absolute atomic E-state index is 0.0669. The van der Waals surface area contributed by atoms with Gasteiger partial charge in [-0.15, -0.1) is 0 Å². The summed E-state index contributed by atoms with van der Waals surface area (Å²) in [4.78, 5) is 27.7. The number of benzene rings is 1. The van der Waals surface area contributed by atoms with Gasteiger partial charge in [-0.25, -0.2) is 17.9 Å². The van der Waals surface area contributed by atoms with Crippen molar-refractivity contribution < 1.29 is 22.7 Å².